The van der Waals surface area contributed by atoms with Crippen LogP contribution in [0.2, 0.25) is 0 Å². The summed E-state index contributed by atoms with van der Waals surface area (Å²) in [6.07, 6.45) is 3.22. The van der Waals surface area contributed by atoms with Crippen LogP contribution in [0.5, 0.6) is 5.75 Å². The number of anilines is 2. The summed E-state index contributed by atoms with van der Waals surface area (Å²) >= 11 is 3.49. The van der Waals surface area contributed by atoms with E-state index in [9.17, 15) is 14.4 Å². The van der Waals surface area contributed by atoms with Crippen LogP contribution in [0.25, 0.3) is 6.08 Å². The van der Waals surface area contributed by atoms with Gasteiger partial charge in [0, 0.05) is 40.6 Å². The Morgan fingerprint density at radius 1 is 0.826 bits per heavy atom. The van der Waals surface area contributed by atoms with Gasteiger partial charge in [0.15, 0.2) is 0 Å². The molecule has 8 heteroatoms. The Bertz CT molecular complexity index is 1800. The third-order valence-electron chi connectivity index (χ3n) is 8.99. The highest BCUT2D eigenvalue weighted by Gasteiger charge is 2.40. The van der Waals surface area contributed by atoms with Gasteiger partial charge in [0.05, 0.1) is 11.8 Å². The van der Waals surface area contributed by atoms with Gasteiger partial charge in [-0.05, 0) is 85.4 Å². The number of halogens is 1. The normalized spacial score (nSPS) is 20.2. The summed E-state index contributed by atoms with van der Waals surface area (Å²) in [4.78, 5) is 44.5. The zero-order valence-electron chi connectivity index (χ0n) is 25.7. The number of benzene rings is 4. The molecule has 4 aromatic rings. The molecule has 0 unspecified atom stereocenters. The van der Waals surface area contributed by atoms with Gasteiger partial charge in [-0.3, -0.25) is 14.9 Å². The summed E-state index contributed by atoms with van der Waals surface area (Å²) in [5, 5.41) is 2.43. The quantitative estimate of drug-likeness (QED) is 0.167. The van der Waals surface area contributed by atoms with E-state index in [0.717, 1.165) is 46.4 Å². The number of urea groups is 1. The number of rotatable bonds is 6. The maximum absolute atomic E-state index is 14.2. The van der Waals surface area contributed by atoms with Crippen molar-refractivity contribution < 1.29 is 19.1 Å². The third kappa shape index (κ3) is 5.51. The predicted octanol–water partition coefficient (Wildman–Crippen LogP) is 7.78. The molecule has 0 bridgehead atoms. The highest BCUT2D eigenvalue weighted by Crippen LogP contribution is 2.50. The van der Waals surface area contributed by atoms with Gasteiger partial charge in [-0.25, -0.2) is 9.69 Å². The molecular weight excluding hydrogens is 642 g/mol. The minimum Gasteiger partial charge on any atom is -0.490 e. The second-order valence-electron chi connectivity index (χ2n) is 12.3. The number of carbonyl (C=O) groups is 3. The Labute approximate surface area is 277 Å². The second-order valence-corrected chi connectivity index (χ2v) is 13.2. The van der Waals surface area contributed by atoms with Gasteiger partial charge in [-0.15, -0.1) is 0 Å². The van der Waals surface area contributed by atoms with Crippen LogP contribution in [0, 0.1) is 0 Å². The zero-order valence-corrected chi connectivity index (χ0v) is 27.3. The van der Waals surface area contributed by atoms with E-state index in [0.29, 0.717) is 17.0 Å². The molecule has 3 aliphatic rings. The fourth-order valence-electron chi connectivity index (χ4n) is 7.01. The predicted molar refractivity (Wildman–Crippen MR) is 183 cm³/mol. The van der Waals surface area contributed by atoms with Gasteiger partial charge in [-0.2, -0.15) is 0 Å². The third-order valence-corrected chi connectivity index (χ3v) is 9.49. The van der Waals surface area contributed by atoms with E-state index in [2.05, 4.69) is 50.4 Å². The monoisotopic (exact) mass is 675 g/mol. The number of nitrogens with one attached hydrogen (secondary N) is 1. The lowest BCUT2D eigenvalue weighted by Crippen LogP contribution is -2.54. The van der Waals surface area contributed by atoms with Crippen molar-refractivity contribution in [2.45, 2.75) is 44.6 Å². The fraction of sp³-hybridized carbons (Fsp3) is 0.237. The van der Waals surface area contributed by atoms with Crippen molar-refractivity contribution >= 4 is 51.2 Å². The molecule has 0 aliphatic carbocycles. The highest BCUT2D eigenvalue weighted by molar-refractivity contribution is 9.10. The first-order valence-corrected chi connectivity index (χ1v) is 16.5. The Kier molecular flexibility index (Phi) is 7.99. The Morgan fingerprint density at radius 3 is 1.98 bits per heavy atom. The van der Waals surface area contributed by atoms with E-state index >= 15 is 0 Å². The Morgan fingerprint density at radius 2 is 1.41 bits per heavy atom. The van der Waals surface area contributed by atoms with E-state index in [1.807, 2.05) is 68.4 Å². The molecular formula is C38H34BrN3O4. The van der Waals surface area contributed by atoms with Gasteiger partial charge < -0.3 is 9.64 Å². The topological polar surface area (TPSA) is 79.0 Å². The number of ether oxygens (including phenoxy) is 1. The molecule has 0 spiro atoms. The summed E-state index contributed by atoms with van der Waals surface area (Å²) in [6.45, 7) is 5.68. The average molecular weight is 677 g/mol. The van der Waals surface area contributed by atoms with Crippen molar-refractivity contribution in [2.75, 3.05) is 22.9 Å². The first kappa shape index (κ1) is 30.0. The molecule has 1 fully saturated rings. The van der Waals surface area contributed by atoms with Gasteiger partial charge in [0.2, 0.25) is 0 Å². The summed E-state index contributed by atoms with van der Waals surface area (Å²) in [7, 11) is 0. The van der Waals surface area contributed by atoms with Crippen molar-refractivity contribution in [2.24, 2.45) is 0 Å². The number of hydrogen-bond acceptors (Lipinski definition) is 5. The minimum atomic E-state index is -0.761. The number of barbiturate groups is 1. The molecule has 0 radical (unpaired) electrons. The maximum atomic E-state index is 14.2. The van der Waals surface area contributed by atoms with Crippen LogP contribution in [0.15, 0.2) is 101 Å². The van der Waals surface area contributed by atoms with Crippen LogP contribution in [0.4, 0.5) is 16.2 Å². The summed E-state index contributed by atoms with van der Waals surface area (Å²) < 4.78 is 6.74. The molecule has 7 rings (SSSR count). The lowest BCUT2D eigenvalue weighted by molar-refractivity contribution is -0.122. The van der Waals surface area contributed by atoms with Crippen molar-refractivity contribution in [1.82, 2.24) is 5.32 Å². The van der Waals surface area contributed by atoms with Crippen LogP contribution in [0.1, 0.15) is 66.3 Å². The lowest BCUT2D eigenvalue weighted by atomic mass is 9.76. The van der Waals surface area contributed by atoms with Gasteiger partial charge in [-0.1, -0.05) is 76.6 Å². The van der Waals surface area contributed by atoms with E-state index < -0.39 is 17.8 Å². The van der Waals surface area contributed by atoms with Gasteiger partial charge >= 0.3 is 6.03 Å². The molecule has 0 saturated carbocycles. The van der Waals surface area contributed by atoms with E-state index in [4.69, 9.17) is 4.74 Å². The average Bonchev–Trinajstić information content (AvgIpc) is 3.05. The fourth-order valence-corrected chi connectivity index (χ4v) is 7.39. The molecule has 46 heavy (non-hydrogen) atoms. The van der Waals surface area contributed by atoms with Crippen molar-refractivity contribution in [1.29, 1.82) is 0 Å². The number of nitrogens with zero attached hydrogens (tertiary/aromatic N) is 2. The Hall–Kier alpha value is -4.69. The van der Waals surface area contributed by atoms with Crippen LogP contribution >= 0.6 is 15.9 Å². The van der Waals surface area contributed by atoms with Crippen molar-refractivity contribution in [3.63, 3.8) is 0 Å². The second kappa shape index (κ2) is 12.2. The standard InChI is InChI=1S/C38H34BrN3O4/c1-23(2)46-34-14-13-27(39)19-26(34)20-33-36(43)40-38(45)42(37(33)44)28-21-31-29(24-9-5-3-6-10-24)15-17-41-18-16-30(32(22-28)35(31)41)25-11-7-4-8-12-25/h3-14,19-23,29-30H,15-18H2,1-2H3,(H,40,43,45)/b33-20+/t29-,30+. The Balaban J connectivity index is 1.38. The zero-order chi connectivity index (χ0) is 31.9. The van der Waals surface area contributed by atoms with E-state index in [1.54, 1.807) is 12.1 Å². The molecule has 1 saturated heterocycles. The van der Waals surface area contributed by atoms with Gasteiger partial charge in [0.1, 0.15) is 11.3 Å². The highest BCUT2D eigenvalue weighted by atomic mass is 79.9. The van der Waals surface area contributed by atoms with Crippen LogP contribution < -0.4 is 19.9 Å². The molecule has 3 aliphatic heterocycles. The van der Waals surface area contributed by atoms with E-state index in [-0.39, 0.29) is 23.5 Å². The summed E-state index contributed by atoms with van der Waals surface area (Å²) in [5.41, 5.74) is 6.63. The largest absolute Gasteiger partial charge is 0.490 e. The number of amides is 4. The van der Waals surface area contributed by atoms with E-state index in [1.165, 1.54) is 22.9 Å². The lowest BCUT2D eigenvalue weighted by Gasteiger charge is -2.44. The maximum Gasteiger partial charge on any atom is 0.335 e. The number of carbonyl (C=O) groups excluding carboxylic acids is 3. The minimum absolute atomic E-state index is 0.0951. The molecule has 4 amide bonds. The molecule has 3 heterocycles. The molecule has 1 N–H and O–H groups in total. The van der Waals surface area contributed by atoms with Crippen LogP contribution in [0.3, 0.4) is 0 Å². The van der Waals surface area contributed by atoms with Crippen molar-refractivity contribution in [3.8, 4) is 5.75 Å². The smallest absolute Gasteiger partial charge is 0.335 e. The van der Waals surface area contributed by atoms with Gasteiger partial charge in [0.25, 0.3) is 11.8 Å². The summed E-state index contributed by atoms with van der Waals surface area (Å²) in [6, 6.07) is 29.4. The van der Waals surface area contributed by atoms with Crippen LogP contribution in [-0.4, -0.2) is 37.0 Å². The summed E-state index contributed by atoms with van der Waals surface area (Å²) in [5.74, 6) is -0.691. The molecule has 7 nitrogen and oxygen atoms in total. The molecule has 232 valence electrons. The van der Waals surface area contributed by atoms with Crippen molar-refractivity contribution in [3.05, 3.63) is 129 Å². The first-order valence-electron chi connectivity index (χ1n) is 15.7. The molecule has 0 aromatic heterocycles. The number of imide groups is 2. The van der Waals surface area contributed by atoms with Crippen LogP contribution in [-0.2, 0) is 9.59 Å². The SMILES string of the molecule is CC(C)Oc1ccc(Br)cc1/C=C1\C(=O)NC(=O)N(c2cc3c4c(c2)[C@H](c2ccccc2)CCN4CC[C@@H]3c2ccccc2)C1=O. The first-order chi connectivity index (χ1) is 22.3. The molecule has 2 atom stereocenters. The number of hydrogen-bond donors (Lipinski definition) is 1. The molecule has 4 aromatic carbocycles.